The summed E-state index contributed by atoms with van der Waals surface area (Å²) in [5, 5.41) is 9.24. The maximum absolute atomic E-state index is 11.6. The zero-order chi connectivity index (χ0) is 14.3. The lowest BCUT2D eigenvalue weighted by atomic mass is 10.1. The molecule has 0 aromatic heterocycles. The monoisotopic (exact) mass is 279 g/mol. The number of amides is 1. The Labute approximate surface area is 120 Å². The molecule has 0 fully saturated rings. The van der Waals surface area contributed by atoms with Crippen LogP contribution >= 0.6 is 12.2 Å². The molecule has 5 heteroatoms. The van der Waals surface area contributed by atoms with Gasteiger partial charge in [-0.15, -0.1) is 0 Å². The number of aryl methyl sites for hydroxylation is 1. The fourth-order valence-corrected chi connectivity index (χ4v) is 1.92. The Kier molecular flexibility index (Phi) is 6.29. The zero-order valence-electron chi connectivity index (χ0n) is 11.6. The van der Waals surface area contributed by atoms with Crippen LogP contribution in [0.4, 0.5) is 5.69 Å². The third kappa shape index (κ3) is 5.26. The summed E-state index contributed by atoms with van der Waals surface area (Å²) in [5.74, 6) is -0.0611. The molecule has 0 unspecified atom stereocenters. The molecule has 0 aliphatic carbocycles. The van der Waals surface area contributed by atoms with Crippen molar-refractivity contribution in [1.82, 2.24) is 10.6 Å². The third-order valence-corrected chi connectivity index (χ3v) is 2.90. The van der Waals surface area contributed by atoms with E-state index in [1.165, 1.54) is 5.56 Å². The molecule has 0 heterocycles. The van der Waals surface area contributed by atoms with Gasteiger partial charge in [-0.05, 0) is 50.2 Å². The van der Waals surface area contributed by atoms with Crippen LogP contribution in [-0.4, -0.2) is 23.6 Å². The SMILES string of the molecule is CCNC(=O)[C@H](C)NC(=S)Nc1cccc(CC)c1. The summed E-state index contributed by atoms with van der Waals surface area (Å²) < 4.78 is 0. The van der Waals surface area contributed by atoms with Gasteiger partial charge in [0.2, 0.25) is 5.91 Å². The molecule has 0 spiro atoms. The molecule has 1 rings (SSSR count). The number of hydrogen-bond acceptors (Lipinski definition) is 2. The van der Waals surface area contributed by atoms with Crippen LogP contribution in [0.2, 0.25) is 0 Å². The number of likely N-dealkylation sites (N-methyl/N-ethyl adjacent to an activating group) is 1. The Morgan fingerprint density at radius 1 is 1.37 bits per heavy atom. The van der Waals surface area contributed by atoms with E-state index in [0.29, 0.717) is 11.7 Å². The van der Waals surface area contributed by atoms with E-state index in [2.05, 4.69) is 28.9 Å². The van der Waals surface area contributed by atoms with Gasteiger partial charge in [-0.3, -0.25) is 4.79 Å². The quantitative estimate of drug-likeness (QED) is 0.722. The average Bonchev–Trinajstić information content (AvgIpc) is 2.39. The molecule has 3 N–H and O–H groups in total. The summed E-state index contributed by atoms with van der Waals surface area (Å²) in [7, 11) is 0. The highest BCUT2D eigenvalue weighted by molar-refractivity contribution is 7.80. The van der Waals surface area contributed by atoms with Crippen LogP contribution in [0.15, 0.2) is 24.3 Å². The maximum atomic E-state index is 11.6. The van der Waals surface area contributed by atoms with Gasteiger partial charge >= 0.3 is 0 Å². The normalized spacial score (nSPS) is 11.5. The third-order valence-electron chi connectivity index (χ3n) is 2.68. The molecule has 0 aliphatic heterocycles. The van der Waals surface area contributed by atoms with E-state index in [-0.39, 0.29) is 11.9 Å². The highest BCUT2D eigenvalue weighted by atomic mass is 32.1. The average molecular weight is 279 g/mol. The first-order valence-electron chi connectivity index (χ1n) is 6.51. The smallest absolute Gasteiger partial charge is 0.242 e. The molecule has 0 radical (unpaired) electrons. The lowest BCUT2D eigenvalue weighted by Crippen LogP contribution is -2.46. The van der Waals surface area contributed by atoms with E-state index in [1.54, 1.807) is 6.92 Å². The summed E-state index contributed by atoms with van der Waals surface area (Å²) in [6.45, 7) is 6.38. The number of hydrogen-bond donors (Lipinski definition) is 3. The van der Waals surface area contributed by atoms with Crippen molar-refractivity contribution in [2.75, 3.05) is 11.9 Å². The minimum absolute atomic E-state index is 0.0611. The second-order valence-electron chi connectivity index (χ2n) is 4.27. The summed E-state index contributed by atoms with van der Waals surface area (Å²) >= 11 is 5.19. The van der Waals surface area contributed by atoms with Crippen LogP contribution in [0.3, 0.4) is 0 Å². The van der Waals surface area contributed by atoms with E-state index in [1.807, 2.05) is 25.1 Å². The topological polar surface area (TPSA) is 53.2 Å². The summed E-state index contributed by atoms with van der Waals surface area (Å²) in [5.41, 5.74) is 2.17. The number of rotatable bonds is 5. The predicted molar refractivity (Wildman–Crippen MR) is 83.3 cm³/mol. The number of benzene rings is 1. The standard InChI is InChI=1S/C14H21N3OS/c1-4-11-7-6-8-12(9-11)17-14(19)16-10(3)13(18)15-5-2/h6-10H,4-5H2,1-3H3,(H,15,18)(H2,16,17,19)/t10-/m0/s1. The Balaban J connectivity index is 2.52. The summed E-state index contributed by atoms with van der Waals surface area (Å²) in [6, 6.07) is 7.69. The van der Waals surface area contributed by atoms with Crippen LogP contribution in [-0.2, 0) is 11.2 Å². The van der Waals surface area contributed by atoms with Gasteiger partial charge in [0.15, 0.2) is 5.11 Å². The highest BCUT2D eigenvalue weighted by Crippen LogP contribution is 2.10. The zero-order valence-corrected chi connectivity index (χ0v) is 12.4. The fourth-order valence-electron chi connectivity index (χ4n) is 1.63. The highest BCUT2D eigenvalue weighted by Gasteiger charge is 2.12. The van der Waals surface area contributed by atoms with Gasteiger partial charge in [-0.25, -0.2) is 0 Å². The second kappa shape index (κ2) is 7.74. The number of thiocarbonyl (C=S) groups is 1. The predicted octanol–water partition coefficient (Wildman–Crippen LogP) is 2.06. The Morgan fingerprint density at radius 2 is 2.11 bits per heavy atom. The molecule has 0 bridgehead atoms. The fraction of sp³-hybridized carbons (Fsp3) is 0.429. The molecule has 0 aliphatic rings. The number of nitrogens with one attached hydrogen (secondary N) is 3. The van der Waals surface area contributed by atoms with Crippen LogP contribution < -0.4 is 16.0 Å². The van der Waals surface area contributed by atoms with Gasteiger partial charge in [0.1, 0.15) is 6.04 Å². The van der Waals surface area contributed by atoms with Gasteiger partial charge < -0.3 is 16.0 Å². The van der Waals surface area contributed by atoms with Gasteiger partial charge in [-0.2, -0.15) is 0 Å². The molecule has 1 amide bonds. The largest absolute Gasteiger partial charge is 0.355 e. The van der Waals surface area contributed by atoms with Gasteiger partial charge in [-0.1, -0.05) is 19.1 Å². The van der Waals surface area contributed by atoms with Crippen LogP contribution in [0.5, 0.6) is 0 Å². The first-order chi connectivity index (χ1) is 9.06. The lowest BCUT2D eigenvalue weighted by Gasteiger charge is -2.16. The van der Waals surface area contributed by atoms with E-state index >= 15 is 0 Å². The molecule has 104 valence electrons. The first-order valence-corrected chi connectivity index (χ1v) is 6.91. The van der Waals surface area contributed by atoms with E-state index in [9.17, 15) is 4.79 Å². The molecular weight excluding hydrogens is 258 g/mol. The maximum Gasteiger partial charge on any atom is 0.242 e. The van der Waals surface area contributed by atoms with Crippen LogP contribution in [0, 0.1) is 0 Å². The van der Waals surface area contributed by atoms with Crippen molar-refractivity contribution in [3.05, 3.63) is 29.8 Å². The van der Waals surface area contributed by atoms with Crippen molar-refractivity contribution < 1.29 is 4.79 Å². The van der Waals surface area contributed by atoms with Crippen molar-refractivity contribution in [1.29, 1.82) is 0 Å². The lowest BCUT2D eigenvalue weighted by molar-refractivity contribution is -0.122. The van der Waals surface area contributed by atoms with Crippen LogP contribution in [0.1, 0.15) is 26.3 Å². The second-order valence-corrected chi connectivity index (χ2v) is 4.68. The van der Waals surface area contributed by atoms with E-state index in [4.69, 9.17) is 12.2 Å². The molecule has 0 saturated carbocycles. The number of anilines is 1. The molecular formula is C14H21N3OS. The first kappa shape index (κ1) is 15.4. The summed E-state index contributed by atoms with van der Waals surface area (Å²) in [4.78, 5) is 11.6. The van der Waals surface area contributed by atoms with Gasteiger partial charge in [0.05, 0.1) is 0 Å². The van der Waals surface area contributed by atoms with Crippen molar-refractivity contribution >= 4 is 28.9 Å². The van der Waals surface area contributed by atoms with Gasteiger partial charge in [0, 0.05) is 12.2 Å². The van der Waals surface area contributed by atoms with Crippen molar-refractivity contribution in [3.8, 4) is 0 Å². The molecule has 1 aromatic carbocycles. The Morgan fingerprint density at radius 3 is 2.74 bits per heavy atom. The number of carbonyl (C=O) groups is 1. The van der Waals surface area contributed by atoms with Crippen LogP contribution in [0.25, 0.3) is 0 Å². The van der Waals surface area contributed by atoms with Crippen molar-refractivity contribution in [3.63, 3.8) is 0 Å². The minimum Gasteiger partial charge on any atom is -0.355 e. The van der Waals surface area contributed by atoms with E-state index < -0.39 is 0 Å². The molecule has 4 nitrogen and oxygen atoms in total. The molecule has 0 saturated heterocycles. The Hall–Kier alpha value is -1.62. The Bertz CT molecular complexity index is 448. The van der Waals surface area contributed by atoms with Crippen molar-refractivity contribution in [2.45, 2.75) is 33.2 Å². The van der Waals surface area contributed by atoms with Crippen molar-refractivity contribution in [2.24, 2.45) is 0 Å². The van der Waals surface area contributed by atoms with Gasteiger partial charge in [0.25, 0.3) is 0 Å². The summed E-state index contributed by atoms with van der Waals surface area (Å²) in [6.07, 6.45) is 0.977. The van der Waals surface area contributed by atoms with E-state index in [0.717, 1.165) is 12.1 Å². The number of carbonyl (C=O) groups excluding carboxylic acids is 1. The minimum atomic E-state index is -0.352. The molecule has 19 heavy (non-hydrogen) atoms. The molecule has 1 atom stereocenters. The molecule has 1 aromatic rings.